The van der Waals surface area contributed by atoms with Crippen molar-refractivity contribution in [3.8, 4) is 22.5 Å². The van der Waals surface area contributed by atoms with Gasteiger partial charge >= 0.3 is 0 Å². The Bertz CT molecular complexity index is 1050. The molecule has 0 saturated heterocycles. The van der Waals surface area contributed by atoms with Gasteiger partial charge in [0.25, 0.3) is 0 Å². The number of aromatic amines is 1. The molecule has 4 rings (SSSR count). The standard InChI is InChI=1S/C25H31N5OS/c1-25(2,3)32-22-14-13-18(19-11-7-8-12-20(19)24-27-29-30-28-24)16-21(22)26-23(31)15-17-9-5-4-6-10-17/h7-8,11-14,16-17H,4-6,9-10,15H2,1-3H3,(H,26,31)(H,27,28,29,30). The average Bonchev–Trinajstić information content (AvgIpc) is 3.29. The van der Waals surface area contributed by atoms with E-state index < -0.39 is 0 Å². The van der Waals surface area contributed by atoms with E-state index in [0.29, 0.717) is 18.2 Å². The minimum Gasteiger partial charge on any atom is -0.325 e. The Morgan fingerprint density at radius 3 is 2.53 bits per heavy atom. The monoisotopic (exact) mass is 449 g/mol. The van der Waals surface area contributed by atoms with E-state index in [1.54, 1.807) is 11.8 Å². The van der Waals surface area contributed by atoms with Gasteiger partial charge in [0.1, 0.15) is 0 Å². The molecule has 0 aliphatic heterocycles. The zero-order valence-electron chi connectivity index (χ0n) is 19.0. The molecule has 1 aliphatic carbocycles. The Kier molecular flexibility index (Phi) is 6.94. The number of aromatic nitrogens is 4. The normalized spacial score (nSPS) is 15.0. The van der Waals surface area contributed by atoms with Gasteiger partial charge in [0, 0.05) is 21.6 Å². The fraction of sp³-hybridized carbons (Fsp3) is 0.440. The van der Waals surface area contributed by atoms with Crippen molar-refractivity contribution < 1.29 is 4.79 Å². The van der Waals surface area contributed by atoms with Gasteiger partial charge in [-0.3, -0.25) is 4.79 Å². The van der Waals surface area contributed by atoms with Gasteiger partial charge < -0.3 is 5.32 Å². The van der Waals surface area contributed by atoms with Crippen LogP contribution in [0, 0.1) is 5.92 Å². The van der Waals surface area contributed by atoms with Crippen LogP contribution in [0.1, 0.15) is 59.3 Å². The summed E-state index contributed by atoms with van der Waals surface area (Å²) in [6, 6.07) is 14.3. The lowest BCUT2D eigenvalue weighted by Gasteiger charge is -2.23. The van der Waals surface area contributed by atoms with Crippen LogP contribution < -0.4 is 5.32 Å². The highest BCUT2D eigenvalue weighted by atomic mass is 32.2. The fourth-order valence-electron chi connectivity index (χ4n) is 4.27. The highest BCUT2D eigenvalue weighted by molar-refractivity contribution is 8.00. The first-order valence-electron chi connectivity index (χ1n) is 11.4. The number of thioether (sulfide) groups is 1. The zero-order chi connectivity index (χ0) is 22.6. The van der Waals surface area contributed by atoms with Gasteiger partial charge in [0.05, 0.1) is 5.69 Å². The molecule has 168 valence electrons. The van der Waals surface area contributed by atoms with E-state index in [1.807, 2.05) is 24.3 Å². The molecule has 0 spiro atoms. The van der Waals surface area contributed by atoms with Gasteiger partial charge in [-0.05, 0) is 47.2 Å². The highest BCUT2D eigenvalue weighted by Crippen LogP contribution is 2.40. The second kappa shape index (κ2) is 9.86. The first-order chi connectivity index (χ1) is 15.4. The Balaban J connectivity index is 1.65. The maximum Gasteiger partial charge on any atom is 0.224 e. The number of nitrogens with zero attached hydrogens (tertiary/aromatic N) is 3. The maximum atomic E-state index is 12.9. The number of benzene rings is 2. The van der Waals surface area contributed by atoms with Crippen LogP contribution in [0.2, 0.25) is 0 Å². The molecule has 1 amide bonds. The van der Waals surface area contributed by atoms with Crippen LogP contribution in [0.3, 0.4) is 0 Å². The Hall–Kier alpha value is -2.67. The molecule has 0 atom stereocenters. The van der Waals surface area contributed by atoms with E-state index in [-0.39, 0.29) is 10.7 Å². The minimum absolute atomic E-state index is 0.0346. The van der Waals surface area contributed by atoms with Crippen LogP contribution in [0.5, 0.6) is 0 Å². The Labute approximate surface area is 194 Å². The van der Waals surface area contributed by atoms with Crippen LogP contribution in [0.15, 0.2) is 47.4 Å². The first kappa shape index (κ1) is 22.5. The average molecular weight is 450 g/mol. The third kappa shape index (κ3) is 5.76. The van der Waals surface area contributed by atoms with Crippen molar-refractivity contribution >= 4 is 23.4 Å². The van der Waals surface area contributed by atoms with E-state index >= 15 is 0 Å². The molecule has 7 heteroatoms. The number of rotatable bonds is 6. The summed E-state index contributed by atoms with van der Waals surface area (Å²) < 4.78 is 0.0346. The minimum atomic E-state index is 0.0346. The molecule has 1 aromatic heterocycles. The fourth-order valence-corrected chi connectivity index (χ4v) is 5.29. The summed E-state index contributed by atoms with van der Waals surface area (Å²) in [7, 11) is 0. The van der Waals surface area contributed by atoms with Crippen LogP contribution >= 0.6 is 11.8 Å². The molecular formula is C25H31N5OS. The van der Waals surface area contributed by atoms with Crippen molar-refractivity contribution in [2.75, 3.05) is 5.32 Å². The summed E-state index contributed by atoms with van der Waals surface area (Å²) in [5, 5.41) is 17.8. The zero-order valence-corrected chi connectivity index (χ0v) is 19.8. The molecule has 2 N–H and O–H groups in total. The summed E-state index contributed by atoms with van der Waals surface area (Å²) in [5.41, 5.74) is 3.78. The van der Waals surface area contributed by atoms with E-state index in [0.717, 1.165) is 40.1 Å². The van der Waals surface area contributed by atoms with E-state index in [1.165, 1.54) is 19.3 Å². The number of tetrazole rings is 1. The third-order valence-electron chi connectivity index (χ3n) is 5.69. The molecule has 0 radical (unpaired) electrons. The third-order valence-corrected chi connectivity index (χ3v) is 6.88. The molecular weight excluding hydrogens is 418 g/mol. The van der Waals surface area contributed by atoms with Crippen LogP contribution in [-0.2, 0) is 4.79 Å². The smallest absolute Gasteiger partial charge is 0.224 e. The summed E-state index contributed by atoms with van der Waals surface area (Å²) in [4.78, 5) is 14.0. The largest absolute Gasteiger partial charge is 0.325 e. The molecule has 0 bridgehead atoms. The van der Waals surface area contributed by atoms with Gasteiger partial charge in [-0.1, -0.05) is 70.4 Å². The molecule has 3 aromatic rings. The number of hydrogen-bond donors (Lipinski definition) is 2. The Morgan fingerprint density at radius 1 is 1.09 bits per heavy atom. The van der Waals surface area contributed by atoms with E-state index in [4.69, 9.17) is 0 Å². The van der Waals surface area contributed by atoms with E-state index in [9.17, 15) is 4.79 Å². The van der Waals surface area contributed by atoms with E-state index in [2.05, 4.69) is 64.9 Å². The van der Waals surface area contributed by atoms with Crippen molar-refractivity contribution in [1.82, 2.24) is 20.6 Å². The maximum absolute atomic E-state index is 12.9. The van der Waals surface area contributed by atoms with Gasteiger partial charge in [0.2, 0.25) is 11.7 Å². The number of H-pyrrole nitrogens is 1. The molecule has 2 aromatic carbocycles. The molecule has 1 aliphatic rings. The van der Waals surface area contributed by atoms with Crippen molar-refractivity contribution in [1.29, 1.82) is 0 Å². The predicted molar refractivity (Wildman–Crippen MR) is 130 cm³/mol. The van der Waals surface area contributed by atoms with Crippen molar-refractivity contribution in [2.45, 2.75) is 68.9 Å². The quantitative estimate of drug-likeness (QED) is 0.429. The van der Waals surface area contributed by atoms with Crippen LogP contribution in [0.4, 0.5) is 5.69 Å². The SMILES string of the molecule is CC(C)(C)Sc1ccc(-c2ccccc2-c2nn[nH]n2)cc1NC(=O)CC1CCCCC1. The second-order valence-electron chi connectivity index (χ2n) is 9.46. The lowest BCUT2D eigenvalue weighted by Crippen LogP contribution is -2.19. The number of carbonyl (C=O) groups is 1. The number of carbonyl (C=O) groups excluding carboxylic acids is 1. The van der Waals surface area contributed by atoms with Gasteiger partial charge in [0.15, 0.2) is 0 Å². The number of nitrogens with one attached hydrogen (secondary N) is 2. The van der Waals surface area contributed by atoms with Gasteiger partial charge in [-0.15, -0.1) is 22.0 Å². The molecule has 1 fully saturated rings. The molecule has 1 heterocycles. The summed E-state index contributed by atoms with van der Waals surface area (Å²) >= 11 is 1.77. The van der Waals surface area contributed by atoms with Crippen molar-refractivity contribution in [3.05, 3.63) is 42.5 Å². The lowest BCUT2D eigenvalue weighted by molar-refractivity contribution is -0.117. The van der Waals surface area contributed by atoms with Crippen molar-refractivity contribution in [2.24, 2.45) is 5.92 Å². The summed E-state index contributed by atoms with van der Waals surface area (Å²) in [6.45, 7) is 6.56. The van der Waals surface area contributed by atoms with Gasteiger partial charge in [-0.2, -0.15) is 5.21 Å². The number of anilines is 1. The lowest BCUT2D eigenvalue weighted by atomic mass is 9.87. The number of amides is 1. The molecule has 32 heavy (non-hydrogen) atoms. The molecule has 6 nitrogen and oxygen atoms in total. The first-order valence-corrected chi connectivity index (χ1v) is 12.2. The van der Waals surface area contributed by atoms with Crippen molar-refractivity contribution in [3.63, 3.8) is 0 Å². The van der Waals surface area contributed by atoms with Gasteiger partial charge in [-0.25, -0.2) is 0 Å². The molecule has 1 saturated carbocycles. The number of hydrogen-bond acceptors (Lipinski definition) is 5. The van der Waals surface area contributed by atoms with Crippen LogP contribution in [-0.4, -0.2) is 31.3 Å². The Morgan fingerprint density at radius 2 is 1.84 bits per heavy atom. The topological polar surface area (TPSA) is 83.6 Å². The predicted octanol–water partition coefficient (Wildman–Crippen LogP) is 6.33. The highest BCUT2D eigenvalue weighted by Gasteiger charge is 2.21. The summed E-state index contributed by atoms with van der Waals surface area (Å²) in [6.07, 6.45) is 6.71. The van der Waals surface area contributed by atoms with Crippen LogP contribution in [0.25, 0.3) is 22.5 Å². The molecule has 0 unspecified atom stereocenters. The second-order valence-corrected chi connectivity index (χ2v) is 11.3. The summed E-state index contributed by atoms with van der Waals surface area (Å²) in [5.74, 6) is 1.16.